The molecule has 0 aliphatic heterocycles. The fourth-order valence-electron chi connectivity index (χ4n) is 2.41. The first-order valence-electron chi connectivity index (χ1n) is 6.05. The lowest BCUT2D eigenvalue weighted by Gasteiger charge is -2.03. The van der Waals surface area contributed by atoms with Crippen molar-refractivity contribution in [2.24, 2.45) is 0 Å². The zero-order chi connectivity index (χ0) is 12.5. The number of ketones is 1. The number of hydrogen-bond acceptors (Lipinski definition) is 1. The smallest absolute Gasteiger partial charge is 0.213 e. The average Bonchev–Trinajstić information content (AvgIpc) is 2.38. The quantitative estimate of drug-likeness (QED) is 0.477. The van der Waals surface area contributed by atoms with Crippen LogP contribution < -0.4 is 21.5 Å². The van der Waals surface area contributed by atoms with Gasteiger partial charge in [0, 0.05) is 19.1 Å². The third kappa shape index (κ3) is 2.51. The summed E-state index contributed by atoms with van der Waals surface area (Å²) in [7, 11) is 0. The van der Waals surface area contributed by atoms with Crippen molar-refractivity contribution in [1.29, 1.82) is 0 Å². The minimum atomic E-state index is 0. The van der Waals surface area contributed by atoms with Crippen LogP contribution in [0.1, 0.15) is 6.92 Å². The number of pyridine rings is 1. The highest BCUT2D eigenvalue weighted by atomic mass is 79.9. The summed E-state index contributed by atoms with van der Waals surface area (Å²) in [5.41, 5.74) is 1.10. The van der Waals surface area contributed by atoms with Crippen molar-refractivity contribution in [2.75, 3.05) is 0 Å². The van der Waals surface area contributed by atoms with Crippen LogP contribution in [0.15, 0.2) is 54.7 Å². The lowest BCUT2D eigenvalue weighted by Crippen LogP contribution is -3.00. The zero-order valence-electron chi connectivity index (χ0n) is 10.6. The first kappa shape index (κ1) is 13.7. The summed E-state index contributed by atoms with van der Waals surface area (Å²) < 4.78 is 2.00. The van der Waals surface area contributed by atoms with Crippen LogP contribution >= 0.6 is 0 Å². The van der Waals surface area contributed by atoms with E-state index in [0.717, 1.165) is 5.52 Å². The summed E-state index contributed by atoms with van der Waals surface area (Å²) in [5.74, 6) is 0.167. The third-order valence-corrected chi connectivity index (χ3v) is 3.18. The second-order valence-electron chi connectivity index (χ2n) is 4.56. The van der Waals surface area contributed by atoms with E-state index in [1.54, 1.807) is 6.92 Å². The topological polar surface area (TPSA) is 20.9 Å². The Morgan fingerprint density at radius 2 is 1.74 bits per heavy atom. The molecule has 0 unspecified atom stereocenters. The minimum absolute atomic E-state index is 0. The highest BCUT2D eigenvalue weighted by Gasteiger charge is 2.11. The second kappa shape index (κ2) is 5.49. The van der Waals surface area contributed by atoms with Crippen molar-refractivity contribution < 1.29 is 26.3 Å². The van der Waals surface area contributed by atoms with Crippen LogP contribution in [0.3, 0.4) is 0 Å². The standard InChI is InChI=1S/C16H14NO.BrH/c1-12(18)11-17-10-4-7-15-14-6-3-2-5-13(14)8-9-16(15)17;/h2-10H,11H2,1H3;1H/q+1;/p-1. The van der Waals surface area contributed by atoms with Gasteiger partial charge in [-0.15, -0.1) is 0 Å². The highest BCUT2D eigenvalue weighted by molar-refractivity contribution is 6.05. The molecule has 0 radical (unpaired) electrons. The number of hydrogen-bond donors (Lipinski definition) is 0. The van der Waals surface area contributed by atoms with E-state index in [9.17, 15) is 4.79 Å². The van der Waals surface area contributed by atoms with Gasteiger partial charge in [0.25, 0.3) is 0 Å². The normalized spacial score (nSPS) is 10.4. The Hall–Kier alpha value is -1.74. The van der Waals surface area contributed by atoms with Gasteiger partial charge in [-0.3, -0.25) is 4.79 Å². The molecule has 2 nitrogen and oxygen atoms in total. The zero-order valence-corrected chi connectivity index (χ0v) is 12.2. The summed E-state index contributed by atoms with van der Waals surface area (Å²) in [6.07, 6.45) is 1.96. The lowest BCUT2D eigenvalue weighted by molar-refractivity contribution is -0.658. The molecule has 0 saturated heterocycles. The van der Waals surface area contributed by atoms with Crippen LogP contribution in [-0.4, -0.2) is 5.78 Å². The van der Waals surface area contributed by atoms with E-state index in [1.807, 2.05) is 29.0 Å². The molecule has 0 saturated carbocycles. The van der Waals surface area contributed by atoms with Gasteiger partial charge < -0.3 is 17.0 Å². The molecule has 0 aliphatic carbocycles. The number of carbonyl (C=O) groups excluding carboxylic acids is 1. The summed E-state index contributed by atoms with van der Waals surface area (Å²) in [6, 6.07) is 16.6. The molecule has 96 valence electrons. The highest BCUT2D eigenvalue weighted by Crippen LogP contribution is 2.22. The molecule has 3 rings (SSSR count). The minimum Gasteiger partial charge on any atom is -1.00 e. The Morgan fingerprint density at radius 3 is 2.53 bits per heavy atom. The lowest BCUT2D eigenvalue weighted by atomic mass is 10.1. The van der Waals surface area contributed by atoms with E-state index in [4.69, 9.17) is 0 Å². The van der Waals surface area contributed by atoms with Crippen LogP contribution in [-0.2, 0) is 11.3 Å². The molecule has 2 aromatic carbocycles. The van der Waals surface area contributed by atoms with Gasteiger partial charge in [-0.2, -0.15) is 4.57 Å². The molecule has 0 fully saturated rings. The summed E-state index contributed by atoms with van der Waals surface area (Å²) in [6.45, 7) is 2.04. The van der Waals surface area contributed by atoms with Gasteiger partial charge in [0.2, 0.25) is 12.1 Å². The van der Waals surface area contributed by atoms with Gasteiger partial charge in [-0.1, -0.05) is 24.3 Å². The Labute approximate surface area is 122 Å². The predicted molar refractivity (Wildman–Crippen MR) is 72.3 cm³/mol. The van der Waals surface area contributed by atoms with E-state index >= 15 is 0 Å². The Kier molecular flexibility index (Phi) is 3.96. The Balaban J connectivity index is 0.00000133. The van der Waals surface area contributed by atoms with Crippen molar-refractivity contribution >= 4 is 27.5 Å². The van der Waals surface area contributed by atoms with Crippen molar-refractivity contribution in [3.8, 4) is 0 Å². The molecule has 1 heterocycles. The van der Waals surface area contributed by atoms with Crippen LogP contribution in [0.25, 0.3) is 21.7 Å². The van der Waals surface area contributed by atoms with E-state index < -0.39 is 0 Å². The number of rotatable bonds is 2. The van der Waals surface area contributed by atoms with Crippen molar-refractivity contribution in [3.05, 3.63) is 54.7 Å². The van der Waals surface area contributed by atoms with Gasteiger partial charge in [0.1, 0.15) is 0 Å². The second-order valence-corrected chi connectivity index (χ2v) is 4.56. The molecule has 0 atom stereocenters. The molecule has 19 heavy (non-hydrogen) atoms. The molecule has 0 bridgehead atoms. The van der Waals surface area contributed by atoms with E-state index in [0.29, 0.717) is 6.54 Å². The molecule has 3 heteroatoms. The summed E-state index contributed by atoms with van der Waals surface area (Å²) in [4.78, 5) is 11.3. The fraction of sp³-hybridized carbons (Fsp3) is 0.125. The monoisotopic (exact) mass is 315 g/mol. The average molecular weight is 316 g/mol. The fourth-order valence-corrected chi connectivity index (χ4v) is 2.41. The molecule has 0 N–H and O–H groups in total. The Bertz CT molecular complexity index is 752. The van der Waals surface area contributed by atoms with E-state index in [1.165, 1.54) is 16.2 Å². The van der Waals surface area contributed by atoms with E-state index in [2.05, 4.69) is 30.3 Å². The van der Waals surface area contributed by atoms with Gasteiger partial charge in [0.05, 0.1) is 5.39 Å². The summed E-state index contributed by atoms with van der Waals surface area (Å²) in [5, 5.41) is 3.65. The largest absolute Gasteiger partial charge is 1.00 e. The maximum atomic E-state index is 11.3. The number of halogens is 1. The van der Waals surface area contributed by atoms with Gasteiger partial charge >= 0.3 is 0 Å². The van der Waals surface area contributed by atoms with Crippen molar-refractivity contribution in [1.82, 2.24) is 0 Å². The van der Waals surface area contributed by atoms with Crippen LogP contribution in [0, 0.1) is 0 Å². The van der Waals surface area contributed by atoms with Gasteiger partial charge in [-0.05, 0) is 22.9 Å². The number of Topliss-reactive ketones (excluding diaryl/α,β-unsaturated/α-hetero) is 1. The number of carbonyl (C=O) groups is 1. The predicted octanol–water partition coefficient (Wildman–Crippen LogP) is -0.127. The molecular weight excluding hydrogens is 302 g/mol. The van der Waals surface area contributed by atoms with Crippen molar-refractivity contribution in [2.45, 2.75) is 13.5 Å². The summed E-state index contributed by atoms with van der Waals surface area (Å²) >= 11 is 0. The third-order valence-electron chi connectivity index (χ3n) is 3.18. The number of benzene rings is 2. The van der Waals surface area contributed by atoms with Crippen LogP contribution in [0.2, 0.25) is 0 Å². The van der Waals surface area contributed by atoms with Crippen LogP contribution in [0.5, 0.6) is 0 Å². The molecule has 0 spiro atoms. The maximum Gasteiger partial charge on any atom is 0.213 e. The number of fused-ring (bicyclic) bond motifs is 3. The number of aromatic nitrogens is 1. The van der Waals surface area contributed by atoms with Gasteiger partial charge in [-0.25, -0.2) is 0 Å². The van der Waals surface area contributed by atoms with Crippen LogP contribution in [0.4, 0.5) is 0 Å². The van der Waals surface area contributed by atoms with Gasteiger partial charge in [0.15, 0.2) is 12.0 Å². The van der Waals surface area contributed by atoms with Crippen molar-refractivity contribution in [3.63, 3.8) is 0 Å². The first-order chi connectivity index (χ1) is 8.75. The molecular formula is C16H14BrNO. The molecule has 1 aromatic heterocycles. The molecule has 0 amide bonds. The SMILES string of the molecule is CC(=O)C[n+]1cccc2c3ccccc3ccc21.[Br-]. The Morgan fingerprint density at radius 1 is 1.00 bits per heavy atom. The first-order valence-corrected chi connectivity index (χ1v) is 6.05. The maximum absolute atomic E-state index is 11.3. The van der Waals surface area contributed by atoms with E-state index in [-0.39, 0.29) is 22.8 Å². The molecule has 0 aliphatic rings. The number of nitrogens with zero attached hydrogens (tertiary/aromatic N) is 1. The molecule has 3 aromatic rings.